The van der Waals surface area contributed by atoms with E-state index in [-0.39, 0.29) is 5.75 Å². The van der Waals surface area contributed by atoms with Gasteiger partial charge in [0, 0.05) is 5.56 Å². The maximum Gasteiger partial charge on any atom is 0.159 e. The predicted molar refractivity (Wildman–Crippen MR) is 53.5 cm³/mol. The molecule has 0 spiro atoms. The number of phenolic OH excluding ortho intramolecular Hbond substituents is 1. The van der Waals surface area contributed by atoms with E-state index in [9.17, 15) is 13.9 Å². The van der Waals surface area contributed by atoms with Crippen molar-refractivity contribution in [2.75, 3.05) is 0 Å². The van der Waals surface area contributed by atoms with Gasteiger partial charge in [0.05, 0.1) is 0 Å². The van der Waals surface area contributed by atoms with Crippen molar-refractivity contribution < 1.29 is 13.9 Å². The minimum absolute atomic E-state index is 0.0449. The minimum atomic E-state index is -0.921. The molecule has 0 aliphatic heterocycles. The number of benzene rings is 2. The van der Waals surface area contributed by atoms with Crippen LogP contribution in [0.5, 0.6) is 5.75 Å². The summed E-state index contributed by atoms with van der Waals surface area (Å²) in [5.41, 5.74) is 0.934. The van der Waals surface area contributed by atoms with Crippen LogP contribution in [0.25, 0.3) is 11.1 Å². The summed E-state index contributed by atoms with van der Waals surface area (Å²) in [7, 11) is 0. The molecule has 0 radical (unpaired) electrons. The van der Waals surface area contributed by atoms with Gasteiger partial charge in [0.1, 0.15) is 5.75 Å². The van der Waals surface area contributed by atoms with E-state index in [4.69, 9.17) is 0 Å². The van der Waals surface area contributed by atoms with Crippen LogP contribution >= 0.6 is 0 Å². The molecule has 0 aromatic heterocycles. The molecule has 0 atom stereocenters. The molecule has 15 heavy (non-hydrogen) atoms. The van der Waals surface area contributed by atoms with Crippen molar-refractivity contribution >= 4 is 0 Å². The van der Waals surface area contributed by atoms with E-state index in [2.05, 4.69) is 0 Å². The Bertz CT molecular complexity index is 495. The molecule has 76 valence electrons. The molecule has 3 heteroatoms. The zero-order chi connectivity index (χ0) is 10.8. The molecule has 1 N–H and O–H groups in total. The van der Waals surface area contributed by atoms with Crippen molar-refractivity contribution in [1.82, 2.24) is 0 Å². The standard InChI is InChI=1S/C12H8F2O/c13-10-6-5-8(7-11(10)14)9-3-1-2-4-12(9)15/h1-7,15H. The van der Waals surface area contributed by atoms with Crippen LogP contribution in [0.2, 0.25) is 0 Å². The Morgan fingerprint density at radius 3 is 2.27 bits per heavy atom. The molecule has 0 aliphatic carbocycles. The Hall–Kier alpha value is -1.90. The first-order valence-electron chi connectivity index (χ1n) is 4.42. The molecule has 0 aliphatic rings. The van der Waals surface area contributed by atoms with Crippen LogP contribution in [0, 0.1) is 11.6 Å². The number of halogens is 2. The highest BCUT2D eigenvalue weighted by Crippen LogP contribution is 2.29. The fourth-order valence-corrected chi connectivity index (χ4v) is 1.38. The zero-order valence-corrected chi connectivity index (χ0v) is 7.74. The normalized spacial score (nSPS) is 10.3. The van der Waals surface area contributed by atoms with E-state index in [1.807, 2.05) is 0 Å². The monoisotopic (exact) mass is 206 g/mol. The Morgan fingerprint density at radius 2 is 1.60 bits per heavy atom. The molecule has 1 nitrogen and oxygen atoms in total. The summed E-state index contributed by atoms with van der Waals surface area (Å²) in [6, 6.07) is 10.0. The second-order valence-corrected chi connectivity index (χ2v) is 3.15. The summed E-state index contributed by atoms with van der Waals surface area (Å²) in [5.74, 6) is -1.77. The summed E-state index contributed by atoms with van der Waals surface area (Å²) < 4.78 is 25.6. The number of hydrogen-bond acceptors (Lipinski definition) is 1. The second-order valence-electron chi connectivity index (χ2n) is 3.15. The number of rotatable bonds is 1. The van der Waals surface area contributed by atoms with Gasteiger partial charge >= 0.3 is 0 Å². The molecular formula is C12H8F2O. The number of hydrogen-bond donors (Lipinski definition) is 1. The van der Waals surface area contributed by atoms with E-state index in [1.165, 1.54) is 12.1 Å². The van der Waals surface area contributed by atoms with Gasteiger partial charge < -0.3 is 5.11 Å². The first kappa shape index (κ1) is 9.65. The van der Waals surface area contributed by atoms with Crippen LogP contribution < -0.4 is 0 Å². The van der Waals surface area contributed by atoms with Crippen LogP contribution in [0.4, 0.5) is 8.78 Å². The van der Waals surface area contributed by atoms with Crippen molar-refractivity contribution in [2.45, 2.75) is 0 Å². The Morgan fingerprint density at radius 1 is 0.867 bits per heavy atom. The van der Waals surface area contributed by atoms with Crippen molar-refractivity contribution in [2.24, 2.45) is 0 Å². The Balaban J connectivity index is 2.55. The molecule has 2 rings (SSSR count). The summed E-state index contributed by atoms with van der Waals surface area (Å²) in [4.78, 5) is 0. The zero-order valence-electron chi connectivity index (χ0n) is 7.74. The first-order valence-corrected chi connectivity index (χ1v) is 4.42. The second kappa shape index (κ2) is 3.69. The molecule has 2 aromatic carbocycles. The van der Waals surface area contributed by atoms with Crippen molar-refractivity contribution in [1.29, 1.82) is 0 Å². The highest BCUT2D eigenvalue weighted by molar-refractivity contribution is 5.69. The fraction of sp³-hybridized carbons (Fsp3) is 0. The quantitative estimate of drug-likeness (QED) is 0.758. The summed E-state index contributed by atoms with van der Waals surface area (Å²) in [5, 5.41) is 9.51. The average molecular weight is 206 g/mol. The van der Waals surface area contributed by atoms with Gasteiger partial charge in [0.15, 0.2) is 11.6 Å². The van der Waals surface area contributed by atoms with Crippen molar-refractivity contribution in [3.05, 3.63) is 54.1 Å². The maximum absolute atomic E-state index is 12.9. The Labute approximate surface area is 85.6 Å². The van der Waals surface area contributed by atoms with E-state index in [1.54, 1.807) is 18.2 Å². The van der Waals surface area contributed by atoms with E-state index in [0.717, 1.165) is 12.1 Å². The largest absolute Gasteiger partial charge is 0.507 e. The Kier molecular flexibility index (Phi) is 2.37. The van der Waals surface area contributed by atoms with Crippen LogP contribution in [0.1, 0.15) is 0 Å². The highest BCUT2D eigenvalue weighted by Gasteiger charge is 2.06. The lowest BCUT2D eigenvalue weighted by Crippen LogP contribution is -1.85. The van der Waals surface area contributed by atoms with Crippen LogP contribution in [0.15, 0.2) is 42.5 Å². The number of phenols is 1. The third-order valence-corrected chi connectivity index (χ3v) is 2.13. The SMILES string of the molecule is Oc1ccccc1-c1ccc(F)c(F)c1. The summed E-state index contributed by atoms with van der Waals surface area (Å²) >= 11 is 0. The topological polar surface area (TPSA) is 20.2 Å². The van der Waals surface area contributed by atoms with Gasteiger partial charge in [-0.1, -0.05) is 24.3 Å². The summed E-state index contributed by atoms with van der Waals surface area (Å²) in [6.45, 7) is 0. The number of para-hydroxylation sites is 1. The van der Waals surface area contributed by atoms with E-state index >= 15 is 0 Å². The van der Waals surface area contributed by atoms with E-state index < -0.39 is 11.6 Å². The first-order chi connectivity index (χ1) is 7.18. The van der Waals surface area contributed by atoms with Gasteiger partial charge in [-0.25, -0.2) is 8.78 Å². The summed E-state index contributed by atoms with van der Waals surface area (Å²) in [6.07, 6.45) is 0. The molecule has 0 heterocycles. The molecular weight excluding hydrogens is 198 g/mol. The minimum Gasteiger partial charge on any atom is -0.507 e. The van der Waals surface area contributed by atoms with Crippen molar-refractivity contribution in [3.8, 4) is 16.9 Å². The molecule has 2 aromatic rings. The fourth-order valence-electron chi connectivity index (χ4n) is 1.38. The lowest BCUT2D eigenvalue weighted by Gasteiger charge is -2.04. The van der Waals surface area contributed by atoms with Gasteiger partial charge in [0.2, 0.25) is 0 Å². The van der Waals surface area contributed by atoms with E-state index in [0.29, 0.717) is 11.1 Å². The molecule has 0 unspecified atom stereocenters. The maximum atomic E-state index is 12.9. The third-order valence-electron chi connectivity index (χ3n) is 2.13. The van der Waals surface area contributed by atoms with Gasteiger partial charge in [-0.05, 0) is 23.8 Å². The van der Waals surface area contributed by atoms with Crippen LogP contribution in [-0.4, -0.2) is 5.11 Å². The van der Waals surface area contributed by atoms with Gasteiger partial charge in [-0.3, -0.25) is 0 Å². The molecule has 0 fully saturated rings. The van der Waals surface area contributed by atoms with Gasteiger partial charge in [-0.15, -0.1) is 0 Å². The van der Waals surface area contributed by atoms with Crippen LogP contribution in [-0.2, 0) is 0 Å². The molecule has 0 amide bonds. The molecule has 0 saturated carbocycles. The number of aromatic hydroxyl groups is 1. The van der Waals surface area contributed by atoms with Gasteiger partial charge in [-0.2, -0.15) is 0 Å². The highest BCUT2D eigenvalue weighted by atomic mass is 19.2. The average Bonchev–Trinajstić information content (AvgIpc) is 2.23. The van der Waals surface area contributed by atoms with Crippen LogP contribution in [0.3, 0.4) is 0 Å². The molecule has 0 bridgehead atoms. The lowest BCUT2D eigenvalue weighted by atomic mass is 10.0. The molecule has 0 saturated heterocycles. The predicted octanol–water partition coefficient (Wildman–Crippen LogP) is 3.34. The van der Waals surface area contributed by atoms with Gasteiger partial charge in [0.25, 0.3) is 0 Å². The lowest BCUT2D eigenvalue weighted by molar-refractivity contribution is 0.477. The smallest absolute Gasteiger partial charge is 0.159 e. The van der Waals surface area contributed by atoms with Crippen molar-refractivity contribution in [3.63, 3.8) is 0 Å². The third kappa shape index (κ3) is 1.81.